The van der Waals surface area contributed by atoms with Gasteiger partial charge in [-0.05, 0) is 62.3 Å². The van der Waals surface area contributed by atoms with Crippen molar-refractivity contribution in [2.45, 2.75) is 44.7 Å². The molecule has 1 aromatic heterocycles. The number of furan rings is 1. The smallest absolute Gasteiger partial charge is 0.225 e. The molecule has 3 fully saturated rings. The van der Waals surface area contributed by atoms with Crippen molar-refractivity contribution >= 4 is 5.91 Å². The van der Waals surface area contributed by atoms with Crippen molar-refractivity contribution in [1.82, 2.24) is 9.80 Å². The van der Waals surface area contributed by atoms with Crippen molar-refractivity contribution in [3.8, 4) is 11.3 Å². The Morgan fingerprint density at radius 3 is 2.70 bits per heavy atom. The predicted octanol–water partition coefficient (Wildman–Crippen LogP) is 4.19. The molecule has 4 heterocycles. The molecule has 30 heavy (non-hydrogen) atoms. The number of ether oxygens (including phenoxy) is 1. The van der Waals surface area contributed by atoms with Crippen LogP contribution in [-0.4, -0.2) is 54.6 Å². The fraction of sp³-hybridized carbons (Fsp3) is 0.560. The predicted molar refractivity (Wildman–Crippen MR) is 116 cm³/mol. The maximum absolute atomic E-state index is 13.0. The number of benzene rings is 1. The Bertz CT molecular complexity index is 844. The summed E-state index contributed by atoms with van der Waals surface area (Å²) in [6.07, 6.45) is 7.05. The average Bonchev–Trinajstić information content (AvgIpc) is 3.34. The van der Waals surface area contributed by atoms with Crippen LogP contribution in [0.1, 0.15) is 37.7 Å². The monoisotopic (exact) mass is 408 g/mol. The van der Waals surface area contributed by atoms with E-state index in [1.54, 1.807) is 6.26 Å². The number of rotatable bonds is 4. The molecular weight excluding hydrogens is 376 g/mol. The summed E-state index contributed by atoms with van der Waals surface area (Å²) in [7, 11) is 0. The zero-order valence-corrected chi connectivity index (χ0v) is 17.7. The molecule has 0 bridgehead atoms. The first-order chi connectivity index (χ1) is 14.8. The third-order valence-electron chi connectivity index (χ3n) is 7.24. The van der Waals surface area contributed by atoms with E-state index in [1.165, 1.54) is 24.0 Å². The number of amides is 1. The normalized spacial score (nSPS) is 25.8. The highest BCUT2D eigenvalue weighted by Crippen LogP contribution is 2.34. The molecule has 1 aromatic carbocycles. The molecule has 3 aliphatic heterocycles. The van der Waals surface area contributed by atoms with Gasteiger partial charge in [-0.15, -0.1) is 0 Å². The van der Waals surface area contributed by atoms with Crippen LogP contribution in [0, 0.1) is 11.8 Å². The quantitative estimate of drug-likeness (QED) is 0.761. The molecule has 1 amide bonds. The molecule has 5 nitrogen and oxygen atoms in total. The second-order valence-electron chi connectivity index (χ2n) is 9.03. The Hall–Kier alpha value is -2.11. The van der Waals surface area contributed by atoms with Gasteiger partial charge in [-0.3, -0.25) is 9.69 Å². The summed E-state index contributed by atoms with van der Waals surface area (Å²) in [5.41, 5.74) is 2.52. The van der Waals surface area contributed by atoms with Crippen molar-refractivity contribution in [3.05, 3.63) is 48.2 Å². The third-order valence-corrected chi connectivity index (χ3v) is 7.24. The molecule has 2 aromatic rings. The molecule has 0 aliphatic carbocycles. The number of likely N-dealkylation sites (tertiary alicyclic amines) is 2. The number of piperidine rings is 2. The van der Waals surface area contributed by atoms with E-state index in [9.17, 15) is 4.79 Å². The van der Waals surface area contributed by atoms with E-state index in [1.807, 2.05) is 12.1 Å². The van der Waals surface area contributed by atoms with Gasteiger partial charge in [0.05, 0.1) is 6.26 Å². The maximum atomic E-state index is 13.0. The molecule has 2 atom stereocenters. The van der Waals surface area contributed by atoms with E-state index >= 15 is 0 Å². The highest BCUT2D eigenvalue weighted by Gasteiger charge is 2.38. The average molecular weight is 409 g/mol. The fourth-order valence-corrected chi connectivity index (χ4v) is 5.66. The Balaban J connectivity index is 1.27. The Morgan fingerprint density at radius 2 is 1.87 bits per heavy atom. The van der Waals surface area contributed by atoms with Gasteiger partial charge in [0.15, 0.2) is 0 Å². The maximum Gasteiger partial charge on any atom is 0.225 e. The standard InChI is InChI=1S/C25H32N2O3/c28-25(19-10-15-29-16-11-19)27-13-9-23-21(18-27)6-3-12-26(23)17-20-5-1-2-7-22(20)24-8-4-14-30-24/h1-2,4-5,7-8,14,19,21,23H,3,6,9-13,15-18H2/t21-,23+/m0/s1. The minimum Gasteiger partial charge on any atom is -0.464 e. The van der Waals surface area contributed by atoms with Crippen molar-refractivity contribution in [2.75, 3.05) is 32.8 Å². The number of carbonyl (C=O) groups excluding carboxylic acids is 1. The van der Waals surface area contributed by atoms with Gasteiger partial charge in [0.1, 0.15) is 5.76 Å². The van der Waals surface area contributed by atoms with Gasteiger partial charge in [0, 0.05) is 50.4 Å². The highest BCUT2D eigenvalue weighted by atomic mass is 16.5. The summed E-state index contributed by atoms with van der Waals surface area (Å²) < 4.78 is 11.1. The summed E-state index contributed by atoms with van der Waals surface area (Å²) in [6, 6.07) is 13.2. The van der Waals surface area contributed by atoms with Crippen LogP contribution in [0.2, 0.25) is 0 Å². The van der Waals surface area contributed by atoms with E-state index in [4.69, 9.17) is 9.15 Å². The minimum absolute atomic E-state index is 0.176. The second kappa shape index (κ2) is 8.94. The Labute approximate surface area is 179 Å². The largest absolute Gasteiger partial charge is 0.464 e. The molecule has 0 N–H and O–H groups in total. The second-order valence-corrected chi connectivity index (χ2v) is 9.03. The summed E-state index contributed by atoms with van der Waals surface area (Å²) in [4.78, 5) is 17.8. The van der Waals surface area contributed by atoms with Crippen LogP contribution in [0.4, 0.5) is 0 Å². The van der Waals surface area contributed by atoms with Gasteiger partial charge in [-0.2, -0.15) is 0 Å². The van der Waals surface area contributed by atoms with Crippen LogP contribution in [0.3, 0.4) is 0 Å². The summed E-state index contributed by atoms with van der Waals surface area (Å²) >= 11 is 0. The fourth-order valence-electron chi connectivity index (χ4n) is 5.66. The molecule has 5 rings (SSSR count). The number of nitrogens with zero attached hydrogens (tertiary/aromatic N) is 2. The van der Waals surface area contributed by atoms with Gasteiger partial charge >= 0.3 is 0 Å². The van der Waals surface area contributed by atoms with Crippen LogP contribution >= 0.6 is 0 Å². The lowest BCUT2D eigenvalue weighted by atomic mass is 9.82. The van der Waals surface area contributed by atoms with Gasteiger partial charge in [0.25, 0.3) is 0 Å². The van der Waals surface area contributed by atoms with E-state index in [0.717, 1.165) is 64.4 Å². The number of fused-ring (bicyclic) bond motifs is 1. The minimum atomic E-state index is 0.176. The lowest BCUT2D eigenvalue weighted by Gasteiger charge is -2.48. The molecule has 3 aliphatic rings. The molecule has 3 saturated heterocycles. The van der Waals surface area contributed by atoms with Gasteiger partial charge in [0.2, 0.25) is 5.91 Å². The van der Waals surface area contributed by atoms with Crippen molar-refractivity contribution in [1.29, 1.82) is 0 Å². The summed E-state index contributed by atoms with van der Waals surface area (Å²) in [5, 5.41) is 0. The lowest BCUT2D eigenvalue weighted by molar-refractivity contribution is -0.142. The van der Waals surface area contributed by atoms with Crippen LogP contribution in [0.5, 0.6) is 0 Å². The molecule has 0 saturated carbocycles. The zero-order chi connectivity index (χ0) is 20.3. The Kier molecular flexibility index (Phi) is 5.91. The van der Waals surface area contributed by atoms with Crippen LogP contribution in [0.25, 0.3) is 11.3 Å². The first-order valence-corrected chi connectivity index (χ1v) is 11.5. The summed E-state index contributed by atoms with van der Waals surface area (Å²) in [6.45, 7) is 5.39. The van der Waals surface area contributed by atoms with E-state index < -0.39 is 0 Å². The van der Waals surface area contributed by atoms with Gasteiger partial charge < -0.3 is 14.1 Å². The topological polar surface area (TPSA) is 45.9 Å². The molecule has 160 valence electrons. The van der Waals surface area contributed by atoms with Crippen molar-refractivity contribution < 1.29 is 13.9 Å². The molecule has 0 radical (unpaired) electrons. The van der Waals surface area contributed by atoms with Crippen molar-refractivity contribution in [3.63, 3.8) is 0 Å². The zero-order valence-electron chi connectivity index (χ0n) is 17.7. The lowest BCUT2D eigenvalue weighted by Crippen LogP contribution is -2.55. The van der Waals surface area contributed by atoms with E-state index in [-0.39, 0.29) is 5.92 Å². The molecule has 0 unspecified atom stereocenters. The van der Waals surface area contributed by atoms with Gasteiger partial charge in [-0.1, -0.05) is 24.3 Å². The van der Waals surface area contributed by atoms with Crippen LogP contribution in [-0.2, 0) is 16.1 Å². The van der Waals surface area contributed by atoms with Crippen LogP contribution in [0.15, 0.2) is 47.1 Å². The number of hydrogen-bond acceptors (Lipinski definition) is 4. The van der Waals surface area contributed by atoms with Crippen molar-refractivity contribution in [2.24, 2.45) is 11.8 Å². The first-order valence-electron chi connectivity index (χ1n) is 11.5. The summed E-state index contributed by atoms with van der Waals surface area (Å²) in [5.74, 6) is 2.08. The molecule has 5 heteroatoms. The molecular formula is C25H32N2O3. The third kappa shape index (κ3) is 4.06. The molecule has 0 spiro atoms. The number of hydrogen-bond donors (Lipinski definition) is 0. The highest BCUT2D eigenvalue weighted by molar-refractivity contribution is 5.79. The van der Waals surface area contributed by atoms with Gasteiger partial charge in [-0.25, -0.2) is 0 Å². The number of carbonyl (C=O) groups is 1. The first kappa shape index (κ1) is 19.8. The van der Waals surface area contributed by atoms with E-state index in [0.29, 0.717) is 17.9 Å². The Morgan fingerprint density at radius 1 is 1.00 bits per heavy atom. The van der Waals surface area contributed by atoms with Crippen LogP contribution < -0.4 is 0 Å². The van der Waals surface area contributed by atoms with E-state index in [2.05, 4.69) is 34.1 Å². The SMILES string of the molecule is O=C(C1CCOCC1)N1CC[C@@H]2[C@@H](CCCN2Cc2ccccc2-c2ccco2)C1.